The number of aliphatic carboxylic acids is 1. The van der Waals surface area contributed by atoms with Gasteiger partial charge in [0, 0.05) is 28.4 Å². The lowest BCUT2D eigenvalue weighted by atomic mass is 10.0. The van der Waals surface area contributed by atoms with Gasteiger partial charge in [-0.25, -0.2) is 4.79 Å². The Morgan fingerprint density at radius 1 is 0.929 bits per heavy atom. The van der Waals surface area contributed by atoms with Crippen molar-refractivity contribution in [2.45, 2.75) is 24.7 Å². The van der Waals surface area contributed by atoms with Gasteiger partial charge in [0.15, 0.2) is 0 Å². The number of amides is 2. The summed E-state index contributed by atoms with van der Waals surface area (Å²) >= 11 is 1.38. The maximum absolute atomic E-state index is 12.1. The van der Waals surface area contributed by atoms with E-state index in [-0.39, 0.29) is 11.7 Å². The van der Waals surface area contributed by atoms with Crippen LogP contribution in [-0.2, 0) is 14.4 Å². The van der Waals surface area contributed by atoms with Crippen molar-refractivity contribution >= 4 is 40.9 Å². The quantitative estimate of drug-likeness (QED) is 0.459. The fourth-order valence-electron chi connectivity index (χ4n) is 2.26. The zero-order chi connectivity index (χ0) is 20.5. The van der Waals surface area contributed by atoms with Crippen LogP contribution >= 0.6 is 11.8 Å². The van der Waals surface area contributed by atoms with Crippen LogP contribution in [-0.4, -0.2) is 28.6 Å². The number of carbonyl (C=O) groups is 3. The summed E-state index contributed by atoms with van der Waals surface area (Å²) in [5, 5.41) is 13.9. The van der Waals surface area contributed by atoms with Crippen molar-refractivity contribution in [2.75, 3.05) is 16.4 Å². The second-order valence-corrected chi connectivity index (χ2v) is 7.35. The number of hydrogen-bond donors (Lipinski definition) is 3. The summed E-state index contributed by atoms with van der Waals surface area (Å²) in [4.78, 5) is 34.9. The first-order valence-electron chi connectivity index (χ1n) is 8.68. The lowest BCUT2D eigenvalue weighted by molar-refractivity contribution is -0.131. The van der Waals surface area contributed by atoms with Gasteiger partial charge in [-0.15, -0.1) is 11.8 Å². The molecule has 0 saturated heterocycles. The largest absolute Gasteiger partial charge is 0.478 e. The van der Waals surface area contributed by atoms with Gasteiger partial charge in [-0.3, -0.25) is 9.59 Å². The second kappa shape index (κ2) is 10.3. The number of thioether (sulfide) groups is 1. The highest BCUT2D eigenvalue weighted by Gasteiger charge is 2.06. The number of carbonyl (C=O) groups excluding carboxylic acids is 2. The molecule has 2 aromatic carbocycles. The van der Waals surface area contributed by atoms with Crippen LogP contribution in [0.2, 0.25) is 0 Å². The molecule has 146 valence electrons. The Labute approximate surface area is 168 Å². The number of carboxylic acid groups (broad SMARTS) is 1. The first-order valence-corrected chi connectivity index (χ1v) is 9.66. The minimum Gasteiger partial charge on any atom is -0.478 e. The average Bonchev–Trinajstić information content (AvgIpc) is 2.66. The van der Waals surface area contributed by atoms with Crippen LogP contribution in [0.4, 0.5) is 11.4 Å². The van der Waals surface area contributed by atoms with Gasteiger partial charge in [0.2, 0.25) is 11.8 Å². The Morgan fingerprint density at radius 3 is 2.07 bits per heavy atom. The molecule has 6 nitrogen and oxygen atoms in total. The molecule has 0 aliphatic heterocycles. The van der Waals surface area contributed by atoms with E-state index >= 15 is 0 Å². The van der Waals surface area contributed by atoms with E-state index in [0.717, 1.165) is 22.7 Å². The topological polar surface area (TPSA) is 95.5 Å². The smallest absolute Gasteiger partial charge is 0.328 e. The number of benzene rings is 2. The Kier molecular flexibility index (Phi) is 7.83. The number of anilines is 2. The van der Waals surface area contributed by atoms with Crippen LogP contribution < -0.4 is 10.6 Å². The van der Waals surface area contributed by atoms with E-state index in [1.807, 2.05) is 24.3 Å². The maximum atomic E-state index is 12.1. The van der Waals surface area contributed by atoms with E-state index in [2.05, 4.69) is 24.5 Å². The van der Waals surface area contributed by atoms with E-state index in [1.165, 1.54) is 17.3 Å². The molecule has 0 aliphatic rings. The van der Waals surface area contributed by atoms with Crippen LogP contribution in [0.3, 0.4) is 0 Å². The summed E-state index contributed by atoms with van der Waals surface area (Å²) in [6.45, 7) is 4.24. The van der Waals surface area contributed by atoms with Gasteiger partial charge in [0.05, 0.1) is 5.75 Å². The average molecular weight is 398 g/mol. The van der Waals surface area contributed by atoms with Crippen molar-refractivity contribution in [3.63, 3.8) is 0 Å². The second-order valence-electron chi connectivity index (χ2n) is 6.30. The Bertz CT molecular complexity index is 859. The van der Waals surface area contributed by atoms with Gasteiger partial charge < -0.3 is 15.7 Å². The van der Waals surface area contributed by atoms with E-state index in [9.17, 15) is 14.4 Å². The van der Waals surface area contributed by atoms with Crippen molar-refractivity contribution in [2.24, 2.45) is 0 Å². The Hall–Kier alpha value is -3.06. The molecule has 2 aromatic rings. The zero-order valence-corrected chi connectivity index (χ0v) is 16.5. The van der Waals surface area contributed by atoms with Crippen molar-refractivity contribution < 1.29 is 19.5 Å². The molecule has 0 bridgehead atoms. The van der Waals surface area contributed by atoms with Crippen molar-refractivity contribution in [3.8, 4) is 0 Å². The molecule has 0 aliphatic carbocycles. The standard InChI is InChI=1S/C21H22N2O4S/c1-14(2)15-3-5-16(6-4-15)23-20(25)13-28-18-9-7-17(8-10-18)22-19(24)11-12-21(26)27/h3-12,14H,13H2,1-2H3,(H,22,24)(H,23,25)(H,26,27)/b12-11+. The fourth-order valence-corrected chi connectivity index (χ4v) is 2.96. The molecule has 0 fully saturated rings. The number of hydrogen-bond acceptors (Lipinski definition) is 4. The van der Waals surface area contributed by atoms with Crippen molar-refractivity contribution in [1.29, 1.82) is 0 Å². The molecular weight excluding hydrogens is 376 g/mol. The lowest BCUT2D eigenvalue weighted by Gasteiger charge is -2.09. The third-order valence-electron chi connectivity index (χ3n) is 3.73. The molecule has 0 spiro atoms. The van der Waals surface area contributed by atoms with E-state index in [0.29, 0.717) is 11.6 Å². The van der Waals surface area contributed by atoms with Gasteiger partial charge in [-0.05, 0) is 47.9 Å². The van der Waals surface area contributed by atoms with Crippen LogP contribution in [0, 0.1) is 0 Å². The molecule has 0 aromatic heterocycles. The first-order chi connectivity index (χ1) is 13.3. The molecule has 0 atom stereocenters. The predicted molar refractivity (Wildman–Crippen MR) is 112 cm³/mol. The number of nitrogens with one attached hydrogen (secondary N) is 2. The summed E-state index contributed by atoms with van der Waals surface area (Å²) in [5.41, 5.74) is 2.53. The van der Waals surface area contributed by atoms with Gasteiger partial charge in [-0.2, -0.15) is 0 Å². The van der Waals surface area contributed by atoms with Crippen LogP contribution in [0.5, 0.6) is 0 Å². The predicted octanol–water partition coefficient (Wildman–Crippen LogP) is 4.12. The van der Waals surface area contributed by atoms with Gasteiger partial charge in [0.25, 0.3) is 0 Å². The number of carboxylic acids is 1. The highest BCUT2D eigenvalue weighted by Crippen LogP contribution is 2.21. The molecule has 7 heteroatoms. The summed E-state index contributed by atoms with van der Waals surface area (Å²) in [5.74, 6) is -1.10. The summed E-state index contributed by atoms with van der Waals surface area (Å²) in [7, 11) is 0. The molecule has 0 saturated carbocycles. The highest BCUT2D eigenvalue weighted by molar-refractivity contribution is 8.00. The van der Waals surface area contributed by atoms with Crippen molar-refractivity contribution in [3.05, 3.63) is 66.2 Å². The van der Waals surface area contributed by atoms with E-state index < -0.39 is 11.9 Å². The molecule has 0 unspecified atom stereocenters. The first kappa shape index (κ1) is 21.2. The molecule has 28 heavy (non-hydrogen) atoms. The van der Waals surface area contributed by atoms with Crippen molar-refractivity contribution in [1.82, 2.24) is 0 Å². The Balaban J connectivity index is 1.81. The molecule has 2 rings (SSSR count). The lowest BCUT2D eigenvalue weighted by Crippen LogP contribution is -2.14. The highest BCUT2D eigenvalue weighted by atomic mass is 32.2. The normalized spacial score (nSPS) is 10.8. The maximum Gasteiger partial charge on any atom is 0.328 e. The SMILES string of the molecule is CC(C)c1ccc(NC(=O)CSc2ccc(NC(=O)/C=C/C(=O)O)cc2)cc1. The fraction of sp³-hybridized carbons (Fsp3) is 0.190. The molecule has 2 amide bonds. The monoisotopic (exact) mass is 398 g/mol. The Morgan fingerprint density at radius 2 is 1.50 bits per heavy atom. The van der Waals surface area contributed by atoms with Gasteiger partial charge in [0.1, 0.15) is 0 Å². The van der Waals surface area contributed by atoms with Crippen LogP contribution in [0.25, 0.3) is 0 Å². The van der Waals surface area contributed by atoms with E-state index in [1.54, 1.807) is 24.3 Å². The van der Waals surface area contributed by atoms with Crippen LogP contribution in [0.1, 0.15) is 25.3 Å². The number of rotatable bonds is 8. The van der Waals surface area contributed by atoms with Gasteiger partial charge in [-0.1, -0.05) is 26.0 Å². The summed E-state index contributed by atoms with van der Waals surface area (Å²) in [6, 6.07) is 14.8. The molecule has 3 N–H and O–H groups in total. The van der Waals surface area contributed by atoms with Gasteiger partial charge >= 0.3 is 5.97 Å². The summed E-state index contributed by atoms with van der Waals surface area (Å²) < 4.78 is 0. The molecular formula is C21H22N2O4S. The minimum absolute atomic E-state index is 0.0986. The summed E-state index contributed by atoms with van der Waals surface area (Å²) in [6.07, 6.45) is 1.72. The van der Waals surface area contributed by atoms with Crippen LogP contribution in [0.15, 0.2) is 65.6 Å². The third-order valence-corrected chi connectivity index (χ3v) is 4.74. The zero-order valence-electron chi connectivity index (χ0n) is 15.6. The van der Waals surface area contributed by atoms with E-state index in [4.69, 9.17) is 5.11 Å². The minimum atomic E-state index is -1.18. The molecule has 0 radical (unpaired) electrons. The molecule has 0 heterocycles. The third kappa shape index (κ3) is 7.28.